The Balaban J connectivity index is 2.03. The van der Waals surface area contributed by atoms with Crippen molar-refractivity contribution in [3.8, 4) is 0 Å². The highest BCUT2D eigenvalue weighted by molar-refractivity contribution is 5.64. The van der Waals surface area contributed by atoms with Crippen LogP contribution < -0.4 is 10.2 Å². The number of hydrogen-bond donors (Lipinski definition) is 1. The molecule has 1 fully saturated rings. The number of nitrogens with zero attached hydrogens (tertiary/aromatic N) is 5. The lowest BCUT2D eigenvalue weighted by atomic mass is 10.2. The Morgan fingerprint density at radius 2 is 2.37 bits per heavy atom. The van der Waals surface area contributed by atoms with Crippen molar-refractivity contribution >= 4 is 11.5 Å². The van der Waals surface area contributed by atoms with Crippen LogP contribution >= 0.6 is 0 Å². The van der Waals surface area contributed by atoms with Crippen molar-refractivity contribution in [2.45, 2.75) is 32.7 Å². The molecule has 0 radical (unpaired) electrons. The fraction of sp³-hybridized carbons (Fsp3) is 0.615. The summed E-state index contributed by atoms with van der Waals surface area (Å²) < 4.78 is 2.01. The Morgan fingerprint density at radius 3 is 3.11 bits per heavy atom. The van der Waals surface area contributed by atoms with E-state index in [0.717, 1.165) is 49.8 Å². The number of aromatic nitrogens is 4. The first-order chi connectivity index (χ1) is 9.31. The van der Waals surface area contributed by atoms with Crippen LogP contribution in [0.25, 0.3) is 5.65 Å². The molecule has 0 aromatic carbocycles. The van der Waals surface area contributed by atoms with E-state index in [4.69, 9.17) is 0 Å². The van der Waals surface area contributed by atoms with Crippen LogP contribution in [0.5, 0.6) is 0 Å². The van der Waals surface area contributed by atoms with Gasteiger partial charge >= 0.3 is 0 Å². The molecule has 2 aromatic rings. The topological polar surface area (TPSA) is 58.4 Å². The van der Waals surface area contributed by atoms with Crippen molar-refractivity contribution in [1.82, 2.24) is 24.9 Å². The van der Waals surface area contributed by atoms with Crippen molar-refractivity contribution in [2.75, 3.05) is 24.5 Å². The van der Waals surface area contributed by atoms with Crippen molar-refractivity contribution in [3.63, 3.8) is 0 Å². The van der Waals surface area contributed by atoms with Gasteiger partial charge in [0.1, 0.15) is 5.82 Å². The summed E-state index contributed by atoms with van der Waals surface area (Å²) in [5.74, 6) is 1.86. The summed E-state index contributed by atoms with van der Waals surface area (Å²) in [7, 11) is 0. The Morgan fingerprint density at radius 1 is 1.47 bits per heavy atom. The molecule has 0 amide bonds. The van der Waals surface area contributed by atoms with Gasteiger partial charge < -0.3 is 10.2 Å². The SMILES string of the molecule is CCCN(c1nccn2c(C)nnc12)C1CCNC1. The van der Waals surface area contributed by atoms with E-state index >= 15 is 0 Å². The van der Waals surface area contributed by atoms with Crippen LogP contribution in [0.1, 0.15) is 25.6 Å². The van der Waals surface area contributed by atoms with E-state index in [-0.39, 0.29) is 0 Å². The van der Waals surface area contributed by atoms with Crippen molar-refractivity contribution < 1.29 is 0 Å². The first kappa shape index (κ1) is 12.3. The fourth-order valence-corrected chi connectivity index (χ4v) is 2.74. The Bertz CT molecular complexity index is 557. The van der Waals surface area contributed by atoms with Crippen LogP contribution in [0, 0.1) is 6.92 Å². The van der Waals surface area contributed by atoms with Gasteiger partial charge in [0, 0.05) is 31.5 Å². The second kappa shape index (κ2) is 5.13. The van der Waals surface area contributed by atoms with Crippen LogP contribution in [0.2, 0.25) is 0 Å². The maximum Gasteiger partial charge on any atom is 0.203 e. The quantitative estimate of drug-likeness (QED) is 0.889. The number of nitrogens with one attached hydrogen (secondary N) is 1. The molecule has 1 aliphatic heterocycles. The van der Waals surface area contributed by atoms with E-state index in [1.165, 1.54) is 0 Å². The van der Waals surface area contributed by atoms with Crippen molar-refractivity contribution in [1.29, 1.82) is 0 Å². The number of aryl methyl sites for hydroxylation is 1. The molecule has 2 aromatic heterocycles. The van der Waals surface area contributed by atoms with Gasteiger partial charge in [-0.3, -0.25) is 4.40 Å². The number of rotatable bonds is 4. The largest absolute Gasteiger partial charge is 0.349 e. The molecule has 1 atom stereocenters. The monoisotopic (exact) mass is 260 g/mol. The lowest BCUT2D eigenvalue weighted by Crippen LogP contribution is -2.38. The average Bonchev–Trinajstić information content (AvgIpc) is 3.06. The summed E-state index contributed by atoms with van der Waals surface area (Å²) in [5.41, 5.74) is 0.861. The minimum absolute atomic E-state index is 0.510. The molecule has 6 heteroatoms. The van der Waals surface area contributed by atoms with E-state index in [0.29, 0.717) is 6.04 Å². The molecule has 0 aliphatic carbocycles. The van der Waals surface area contributed by atoms with Gasteiger partial charge in [0.05, 0.1) is 0 Å². The van der Waals surface area contributed by atoms with E-state index in [2.05, 4.69) is 32.3 Å². The second-order valence-electron chi connectivity index (χ2n) is 5.03. The summed E-state index contributed by atoms with van der Waals surface area (Å²) >= 11 is 0. The van der Waals surface area contributed by atoms with Crippen molar-refractivity contribution in [2.24, 2.45) is 0 Å². The molecule has 102 valence electrons. The highest BCUT2D eigenvalue weighted by atomic mass is 15.3. The fourth-order valence-electron chi connectivity index (χ4n) is 2.74. The molecule has 3 heterocycles. The molecular formula is C13H20N6. The Hall–Kier alpha value is -1.69. The molecule has 0 saturated carbocycles. The maximum atomic E-state index is 4.56. The van der Waals surface area contributed by atoms with E-state index in [1.807, 2.05) is 23.7 Å². The Kier molecular flexibility index (Phi) is 3.33. The van der Waals surface area contributed by atoms with Crippen LogP contribution in [0.4, 0.5) is 5.82 Å². The second-order valence-corrected chi connectivity index (χ2v) is 5.03. The average molecular weight is 260 g/mol. The zero-order valence-electron chi connectivity index (χ0n) is 11.5. The molecule has 1 N–H and O–H groups in total. The molecule has 1 saturated heterocycles. The van der Waals surface area contributed by atoms with Crippen LogP contribution in [0.15, 0.2) is 12.4 Å². The zero-order chi connectivity index (χ0) is 13.2. The van der Waals surface area contributed by atoms with Crippen LogP contribution in [0.3, 0.4) is 0 Å². The number of fused-ring (bicyclic) bond motifs is 1. The first-order valence-corrected chi connectivity index (χ1v) is 6.95. The maximum absolute atomic E-state index is 4.56. The minimum atomic E-state index is 0.510. The molecular weight excluding hydrogens is 240 g/mol. The summed E-state index contributed by atoms with van der Waals surface area (Å²) in [5, 5.41) is 11.9. The summed E-state index contributed by atoms with van der Waals surface area (Å²) in [6.45, 7) is 7.27. The van der Waals surface area contributed by atoms with E-state index in [1.54, 1.807) is 0 Å². The third-order valence-corrected chi connectivity index (χ3v) is 3.69. The van der Waals surface area contributed by atoms with E-state index < -0.39 is 0 Å². The van der Waals surface area contributed by atoms with Gasteiger partial charge in [-0.15, -0.1) is 10.2 Å². The summed E-state index contributed by atoms with van der Waals surface area (Å²) in [6.07, 6.45) is 6.02. The van der Waals surface area contributed by atoms with Crippen molar-refractivity contribution in [3.05, 3.63) is 18.2 Å². The molecule has 1 aliphatic rings. The normalized spacial score (nSPS) is 19.2. The van der Waals surface area contributed by atoms with Gasteiger partial charge in [-0.2, -0.15) is 0 Å². The smallest absolute Gasteiger partial charge is 0.203 e. The van der Waals surface area contributed by atoms with Gasteiger partial charge in [0.2, 0.25) is 5.65 Å². The lowest BCUT2D eigenvalue weighted by Gasteiger charge is -2.29. The standard InChI is InChI=1S/C13H20N6/c1-3-7-19(11-4-5-14-9-11)12-13-17-16-10(2)18(13)8-6-15-12/h6,8,11,14H,3-5,7,9H2,1-2H3. The van der Waals surface area contributed by atoms with Gasteiger partial charge in [0.25, 0.3) is 0 Å². The third kappa shape index (κ3) is 2.16. The molecule has 0 spiro atoms. The highest BCUT2D eigenvalue weighted by Crippen LogP contribution is 2.22. The predicted molar refractivity (Wildman–Crippen MR) is 74.4 cm³/mol. The van der Waals surface area contributed by atoms with Gasteiger partial charge in [-0.05, 0) is 26.3 Å². The first-order valence-electron chi connectivity index (χ1n) is 6.95. The third-order valence-electron chi connectivity index (χ3n) is 3.69. The predicted octanol–water partition coefficient (Wildman–Crippen LogP) is 1.01. The highest BCUT2D eigenvalue weighted by Gasteiger charge is 2.25. The summed E-state index contributed by atoms with van der Waals surface area (Å²) in [4.78, 5) is 6.94. The van der Waals surface area contributed by atoms with Gasteiger partial charge in [-0.1, -0.05) is 6.92 Å². The van der Waals surface area contributed by atoms with Crippen LogP contribution in [-0.2, 0) is 0 Å². The van der Waals surface area contributed by atoms with E-state index in [9.17, 15) is 0 Å². The lowest BCUT2D eigenvalue weighted by molar-refractivity contribution is 0.618. The van der Waals surface area contributed by atoms with Crippen LogP contribution in [-0.4, -0.2) is 45.3 Å². The zero-order valence-corrected chi connectivity index (χ0v) is 11.5. The van der Waals surface area contributed by atoms with Gasteiger partial charge in [-0.25, -0.2) is 4.98 Å². The molecule has 1 unspecified atom stereocenters. The molecule has 6 nitrogen and oxygen atoms in total. The number of anilines is 1. The molecule has 19 heavy (non-hydrogen) atoms. The minimum Gasteiger partial charge on any atom is -0.349 e. The Labute approximate surface area is 112 Å². The van der Waals surface area contributed by atoms with Gasteiger partial charge in [0.15, 0.2) is 5.82 Å². The summed E-state index contributed by atoms with van der Waals surface area (Å²) in [6, 6.07) is 0.510. The number of hydrogen-bond acceptors (Lipinski definition) is 5. The molecule has 3 rings (SSSR count). The molecule has 0 bridgehead atoms.